The maximum Gasteiger partial charge on any atom is 0.261 e. The first-order valence-corrected chi connectivity index (χ1v) is 9.22. The summed E-state index contributed by atoms with van der Waals surface area (Å²) < 4.78 is 0. The van der Waals surface area contributed by atoms with Gasteiger partial charge in [0.1, 0.15) is 0 Å². The van der Waals surface area contributed by atoms with Crippen LogP contribution in [0.15, 0.2) is 36.4 Å². The minimum atomic E-state index is -1.56. The number of rotatable bonds is 5. The highest BCUT2D eigenvalue weighted by Gasteiger charge is 2.44. The van der Waals surface area contributed by atoms with Crippen LogP contribution in [-0.4, -0.2) is 69.1 Å². The van der Waals surface area contributed by atoms with Crippen LogP contribution in [0.1, 0.15) is 43.6 Å². The van der Waals surface area contributed by atoms with E-state index in [1.807, 2.05) is 0 Å². The molecule has 1 atom stereocenters. The first-order valence-electron chi connectivity index (χ1n) is 9.22. The van der Waals surface area contributed by atoms with E-state index in [-0.39, 0.29) is 43.3 Å². The van der Waals surface area contributed by atoms with Gasteiger partial charge in [0, 0.05) is 17.7 Å². The number of hydrogen-bond acceptors (Lipinski definition) is 6. The predicted molar refractivity (Wildman–Crippen MR) is 102 cm³/mol. The van der Waals surface area contributed by atoms with Gasteiger partial charge in [-0.25, -0.2) is 0 Å². The molecule has 8 nitrogen and oxygen atoms in total. The molecule has 4 rings (SSSR count). The minimum Gasteiger partial charge on any atom is -0.395 e. The second-order valence-electron chi connectivity index (χ2n) is 7.21. The molecule has 8 heteroatoms. The smallest absolute Gasteiger partial charge is 0.261 e. The van der Waals surface area contributed by atoms with Crippen LogP contribution in [0.5, 0.6) is 0 Å². The molecule has 2 aromatic carbocycles. The quantitative estimate of drug-likeness (QED) is 0.636. The SMILES string of the molecule is CC1(O)c2cc(-c3ccc4c(c3)C(=O)N(CCO)C4=O)ccc2C(=O)N1CCO. The normalized spacial score (nSPS) is 20.5. The second kappa shape index (κ2) is 6.77. The monoisotopic (exact) mass is 396 g/mol. The van der Waals surface area contributed by atoms with Gasteiger partial charge in [0.15, 0.2) is 5.72 Å². The Morgan fingerprint density at radius 2 is 1.38 bits per heavy atom. The van der Waals surface area contributed by atoms with Crippen LogP contribution in [0.2, 0.25) is 0 Å². The molecule has 2 aliphatic heterocycles. The molecule has 0 radical (unpaired) electrons. The first-order chi connectivity index (χ1) is 13.8. The standard InChI is InChI=1S/C21H20N2O6/c1-21(29)17-11-13(3-5-15(17)20(28)23(21)7-9-25)12-2-4-14-16(10-12)19(27)22(6-8-24)18(14)26/h2-5,10-11,24-25,29H,6-9H2,1H3. The van der Waals surface area contributed by atoms with Gasteiger partial charge in [0.25, 0.3) is 17.7 Å². The number of amides is 3. The highest BCUT2D eigenvalue weighted by Crippen LogP contribution is 2.39. The average Bonchev–Trinajstić information content (AvgIpc) is 3.06. The van der Waals surface area contributed by atoms with E-state index in [1.165, 1.54) is 11.8 Å². The topological polar surface area (TPSA) is 118 Å². The predicted octanol–water partition coefficient (Wildman–Crippen LogP) is 0.555. The highest BCUT2D eigenvalue weighted by molar-refractivity contribution is 6.21. The minimum absolute atomic E-state index is 0.00595. The summed E-state index contributed by atoms with van der Waals surface area (Å²) in [6.45, 7) is 0.858. The van der Waals surface area contributed by atoms with Gasteiger partial charge in [-0.2, -0.15) is 0 Å². The summed E-state index contributed by atoms with van der Waals surface area (Å²) in [6.07, 6.45) is 0. The van der Waals surface area contributed by atoms with E-state index in [1.54, 1.807) is 36.4 Å². The van der Waals surface area contributed by atoms with E-state index >= 15 is 0 Å². The zero-order valence-electron chi connectivity index (χ0n) is 15.8. The number of nitrogens with zero attached hydrogens (tertiary/aromatic N) is 2. The van der Waals surface area contributed by atoms with Gasteiger partial charge in [-0.05, 0) is 42.3 Å². The van der Waals surface area contributed by atoms with Gasteiger partial charge in [0.2, 0.25) is 0 Å². The van der Waals surface area contributed by atoms with Crippen LogP contribution in [0.25, 0.3) is 11.1 Å². The number of fused-ring (bicyclic) bond motifs is 2. The molecule has 0 bridgehead atoms. The van der Waals surface area contributed by atoms with Crippen LogP contribution >= 0.6 is 0 Å². The molecule has 3 amide bonds. The van der Waals surface area contributed by atoms with E-state index in [9.17, 15) is 24.6 Å². The van der Waals surface area contributed by atoms with Crippen molar-refractivity contribution in [2.24, 2.45) is 0 Å². The fourth-order valence-electron chi connectivity index (χ4n) is 3.98. The molecule has 0 saturated carbocycles. The maximum atomic E-state index is 12.5. The largest absolute Gasteiger partial charge is 0.395 e. The Morgan fingerprint density at radius 1 is 0.793 bits per heavy atom. The lowest BCUT2D eigenvalue weighted by atomic mass is 9.94. The third-order valence-corrected chi connectivity index (χ3v) is 5.48. The lowest BCUT2D eigenvalue weighted by Crippen LogP contribution is -2.42. The average molecular weight is 396 g/mol. The molecule has 2 aliphatic rings. The maximum absolute atomic E-state index is 12.5. The van der Waals surface area contributed by atoms with E-state index in [0.717, 1.165) is 4.90 Å². The summed E-state index contributed by atoms with van der Waals surface area (Å²) in [5.41, 5.74) is 1.07. The van der Waals surface area contributed by atoms with E-state index in [4.69, 9.17) is 5.11 Å². The lowest BCUT2D eigenvalue weighted by molar-refractivity contribution is -0.0729. The fourth-order valence-corrected chi connectivity index (χ4v) is 3.98. The van der Waals surface area contributed by atoms with Gasteiger partial charge in [-0.3, -0.25) is 19.3 Å². The first kappa shape index (κ1) is 19.3. The Bertz CT molecular complexity index is 1050. The van der Waals surface area contributed by atoms with Crippen molar-refractivity contribution in [3.63, 3.8) is 0 Å². The van der Waals surface area contributed by atoms with E-state index in [2.05, 4.69) is 0 Å². The second-order valence-corrected chi connectivity index (χ2v) is 7.21. The van der Waals surface area contributed by atoms with Crippen molar-refractivity contribution >= 4 is 17.7 Å². The molecule has 2 heterocycles. The summed E-state index contributed by atoms with van der Waals surface area (Å²) in [5.74, 6) is -1.26. The number of β-amino-alcohol motifs (C(OH)–C–C–N with tert-alkyl or cyclic N) is 2. The van der Waals surface area contributed by atoms with Crippen LogP contribution in [0.3, 0.4) is 0 Å². The summed E-state index contributed by atoms with van der Waals surface area (Å²) >= 11 is 0. The Kier molecular flexibility index (Phi) is 4.49. The highest BCUT2D eigenvalue weighted by atomic mass is 16.3. The number of benzene rings is 2. The Morgan fingerprint density at radius 3 is 2.03 bits per heavy atom. The van der Waals surface area contributed by atoms with Gasteiger partial charge in [0.05, 0.1) is 30.9 Å². The zero-order chi connectivity index (χ0) is 20.9. The lowest BCUT2D eigenvalue weighted by Gasteiger charge is -2.30. The van der Waals surface area contributed by atoms with Crippen molar-refractivity contribution in [2.75, 3.05) is 26.3 Å². The third-order valence-electron chi connectivity index (χ3n) is 5.48. The van der Waals surface area contributed by atoms with Gasteiger partial charge < -0.3 is 20.2 Å². The Balaban J connectivity index is 1.75. The number of carbonyl (C=O) groups excluding carboxylic acids is 3. The van der Waals surface area contributed by atoms with Gasteiger partial charge in [-0.15, -0.1) is 0 Å². The molecule has 1 unspecified atom stereocenters. The van der Waals surface area contributed by atoms with Crippen molar-refractivity contribution < 1.29 is 29.7 Å². The van der Waals surface area contributed by atoms with Crippen molar-refractivity contribution in [3.05, 3.63) is 58.7 Å². The van der Waals surface area contributed by atoms with Crippen LogP contribution in [0.4, 0.5) is 0 Å². The summed E-state index contributed by atoms with van der Waals surface area (Å²) in [4.78, 5) is 39.6. The summed E-state index contributed by atoms with van der Waals surface area (Å²) in [6, 6.07) is 9.87. The molecule has 0 spiro atoms. The molecule has 2 aromatic rings. The molecule has 0 fully saturated rings. The zero-order valence-corrected chi connectivity index (χ0v) is 15.8. The van der Waals surface area contributed by atoms with Crippen molar-refractivity contribution in [1.82, 2.24) is 9.80 Å². The third kappa shape index (κ3) is 2.76. The number of hydrogen-bond donors (Lipinski definition) is 3. The van der Waals surface area contributed by atoms with Crippen molar-refractivity contribution in [2.45, 2.75) is 12.6 Å². The van der Waals surface area contributed by atoms with E-state index < -0.39 is 17.5 Å². The van der Waals surface area contributed by atoms with Crippen LogP contribution in [-0.2, 0) is 5.72 Å². The molecular weight excluding hydrogens is 376 g/mol. The number of aliphatic hydroxyl groups is 3. The molecule has 0 saturated heterocycles. The summed E-state index contributed by atoms with van der Waals surface area (Å²) in [7, 11) is 0. The van der Waals surface area contributed by atoms with Crippen molar-refractivity contribution in [3.8, 4) is 11.1 Å². The number of imide groups is 1. The molecular formula is C21H20N2O6. The number of carbonyl (C=O) groups is 3. The number of aliphatic hydroxyl groups excluding tert-OH is 2. The molecule has 0 aromatic heterocycles. The Labute approximate surface area is 166 Å². The van der Waals surface area contributed by atoms with Crippen LogP contribution in [0, 0.1) is 0 Å². The fraction of sp³-hybridized carbons (Fsp3) is 0.286. The van der Waals surface area contributed by atoms with Gasteiger partial charge in [-0.1, -0.05) is 12.1 Å². The van der Waals surface area contributed by atoms with Gasteiger partial charge >= 0.3 is 0 Å². The van der Waals surface area contributed by atoms with Crippen molar-refractivity contribution in [1.29, 1.82) is 0 Å². The van der Waals surface area contributed by atoms with E-state index in [0.29, 0.717) is 22.3 Å². The molecule has 29 heavy (non-hydrogen) atoms. The Hall–Kier alpha value is -3.07. The van der Waals surface area contributed by atoms with Crippen LogP contribution < -0.4 is 0 Å². The molecule has 0 aliphatic carbocycles. The summed E-state index contributed by atoms with van der Waals surface area (Å²) in [5, 5.41) is 29.1. The molecule has 150 valence electrons. The molecule has 3 N–H and O–H groups in total.